The fourth-order valence-corrected chi connectivity index (χ4v) is 3.06. The van der Waals surface area contributed by atoms with Crippen LogP contribution >= 0.6 is 0 Å². The minimum Gasteiger partial charge on any atom is -0.493 e. The highest BCUT2D eigenvalue weighted by atomic mass is 19.3. The molecule has 0 unspecified atom stereocenters. The molecule has 0 amide bonds. The minimum absolute atomic E-state index is 0.0899. The SMILES string of the molecule is COc1cc(/C=C/C(=O)Oc2ccc3oc4ccccc4c3c2)ccc1OC(F)F. The number of methoxy groups -OCH3 is 1. The number of hydrogen-bond acceptors (Lipinski definition) is 5. The Balaban J connectivity index is 1.50. The molecule has 0 saturated carbocycles. The maximum atomic E-state index is 12.4. The van der Waals surface area contributed by atoms with E-state index in [1.54, 1.807) is 18.2 Å². The molecule has 1 aromatic heterocycles. The van der Waals surface area contributed by atoms with Crippen molar-refractivity contribution in [1.82, 2.24) is 0 Å². The van der Waals surface area contributed by atoms with Gasteiger partial charge in [0.1, 0.15) is 16.9 Å². The lowest BCUT2D eigenvalue weighted by Gasteiger charge is -2.10. The number of hydrogen-bond donors (Lipinski definition) is 0. The monoisotopic (exact) mass is 410 g/mol. The summed E-state index contributed by atoms with van der Waals surface area (Å²) in [6, 6.07) is 17.1. The molecule has 0 N–H and O–H groups in total. The van der Waals surface area contributed by atoms with Crippen molar-refractivity contribution in [2.45, 2.75) is 6.61 Å². The highest BCUT2D eigenvalue weighted by Gasteiger charge is 2.11. The smallest absolute Gasteiger partial charge is 0.387 e. The van der Waals surface area contributed by atoms with Crippen molar-refractivity contribution in [3.63, 3.8) is 0 Å². The number of rotatable bonds is 6. The number of esters is 1. The molecule has 4 aromatic rings. The van der Waals surface area contributed by atoms with Crippen LogP contribution in [0.1, 0.15) is 5.56 Å². The van der Waals surface area contributed by atoms with E-state index < -0.39 is 12.6 Å². The molecule has 7 heteroatoms. The average molecular weight is 410 g/mol. The molecule has 30 heavy (non-hydrogen) atoms. The Bertz CT molecular complexity index is 1240. The Morgan fingerprint density at radius 2 is 1.77 bits per heavy atom. The normalized spacial score (nSPS) is 11.5. The number of halogens is 2. The van der Waals surface area contributed by atoms with E-state index in [0.717, 1.165) is 16.4 Å². The van der Waals surface area contributed by atoms with Crippen LogP contribution in [0.15, 0.2) is 71.2 Å². The number of alkyl halides is 2. The standard InChI is InChI=1S/C23H16F2O5/c1-27-21-12-14(6-9-20(21)30-23(24)25)7-11-22(26)28-15-8-10-19-17(13-15)16-4-2-3-5-18(16)29-19/h2-13,23H,1H3/b11-7+. The lowest BCUT2D eigenvalue weighted by Crippen LogP contribution is -2.04. The number of ether oxygens (including phenoxy) is 3. The minimum atomic E-state index is -2.96. The van der Waals surface area contributed by atoms with Crippen LogP contribution in [0.5, 0.6) is 17.2 Å². The van der Waals surface area contributed by atoms with E-state index in [4.69, 9.17) is 13.9 Å². The largest absolute Gasteiger partial charge is 0.493 e. The predicted molar refractivity (Wildman–Crippen MR) is 108 cm³/mol. The second-order valence-corrected chi connectivity index (χ2v) is 6.30. The average Bonchev–Trinajstić information content (AvgIpc) is 3.10. The predicted octanol–water partition coefficient (Wildman–Crippen LogP) is 5.81. The van der Waals surface area contributed by atoms with Crippen LogP contribution in [0.3, 0.4) is 0 Å². The Hall–Kier alpha value is -3.87. The molecule has 4 rings (SSSR count). The zero-order valence-electron chi connectivity index (χ0n) is 15.8. The van der Waals surface area contributed by atoms with Crippen LogP contribution < -0.4 is 14.2 Å². The van der Waals surface area contributed by atoms with Crippen molar-refractivity contribution in [2.24, 2.45) is 0 Å². The van der Waals surface area contributed by atoms with E-state index in [0.29, 0.717) is 16.9 Å². The summed E-state index contributed by atoms with van der Waals surface area (Å²) in [5.74, 6) is -0.174. The van der Waals surface area contributed by atoms with Gasteiger partial charge in [-0.1, -0.05) is 24.3 Å². The van der Waals surface area contributed by atoms with Crippen LogP contribution in [0.2, 0.25) is 0 Å². The first kappa shape index (κ1) is 19.4. The number of para-hydroxylation sites is 1. The van der Waals surface area contributed by atoms with Crippen molar-refractivity contribution < 1.29 is 32.2 Å². The molecule has 0 atom stereocenters. The molecule has 0 spiro atoms. The second-order valence-electron chi connectivity index (χ2n) is 6.30. The van der Waals surface area contributed by atoms with Crippen LogP contribution in [0, 0.1) is 0 Å². The third-order valence-corrected chi connectivity index (χ3v) is 4.38. The summed E-state index contributed by atoms with van der Waals surface area (Å²) in [5.41, 5.74) is 2.01. The highest BCUT2D eigenvalue weighted by molar-refractivity contribution is 6.05. The molecule has 0 saturated heterocycles. The van der Waals surface area contributed by atoms with Crippen molar-refractivity contribution >= 4 is 34.0 Å². The van der Waals surface area contributed by atoms with Gasteiger partial charge >= 0.3 is 12.6 Å². The van der Waals surface area contributed by atoms with Crippen LogP contribution in [-0.4, -0.2) is 19.7 Å². The van der Waals surface area contributed by atoms with Gasteiger partial charge in [-0.25, -0.2) is 4.79 Å². The summed E-state index contributed by atoms with van der Waals surface area (Å²) in [7, 11) is 1.34. The first-order chi connectivity index (χ1) is 14.5. The summed E-state index contributed by atoms with van der Waals surface area (Å²) in [6.07, 6.45) is 2.73. The van der Waals surface area contributed by atoms with E-state index in [1.807, 2.05) is 24.3 Å². The lowest BCUT2D eigenvalue weighted by molar-refractivity contribution is -0.128. The topological polar surface area (TPSA) is 57.9 Å². The summed E-state index contributed by atoms with van der Waals surface area (Å²) >= 11 is 0. The summed E-state index contributed by atoms with van der Waals surface area (Å²) < 4.78 is 45.3. The van der Waals surface area contributed by atoms with Crippen molar-refractivity contribution in [3.05, 3.63) is 72.3 Å². The summed E-state index contributed by atoms with van der Waals surface area (Å²) in [6.45, 7) is -2.96. The van der Waals surface area contributed by atoms with E-state index in [2.05, 4.69) is 4.74 Å². The van der Waals surface area contributed by atoms with E-state index >= 15 is 0 Å². The zero-order valence-corrected chi connectivity index (χ0v) is 15.8. The van der Waals surface area contributed by atoms with Gasteiger partial charge in [0.2, 0.25) is 0 Å². The number of benzene rings is 3. The fraction of sp³-hybridized carbons (Fsp3) is 0.0870. The van der Waals surface area contributed by atoms with Gasteiger partial charge in [0.05, 0.1) is 7.11 Å². The quantitative estimate of drug-likeness (QED) is 0.228. The zero-order chi connectivity index (χ0) is 21.1. The van der Waals surface area contributed by atoms with E-state index in [9.17, 15) is 13.6 Å². The molecule has 0 aliphatic carbocycles. The van der Waals surface area contributed by atoms with Gasteiger partial charge in [0.15, 0.2) is 11.5 Å². The van der Waals surface area contributed by atoms with Crippen molar-refractivity contribution in [3.8, 4) is 17.2 Å². The Kier molecular flexibility index (Phi) is 5.34. The number of carbonyl (C=O) groups is 1. The van der Waals surface area contributed by atoms with Crippen LogP contribution in [0.4, 0.5) is 8.78 Å². The van der Waals surface area contributed by atoms with Gasteiger partial charge in [-0.3, -0.25) is 0 Å². The van der Waals surface area contributed by atoms with Gasteiger partial charge < -0.3 is 18.6 Å². The third-order valence-electron chi connectivity index (χ3n) is 4.38. The summed E-state index contributed by atoms with van der Waals surface area (Å²) in [4.78, 5) is 12.2. The van der Waals surface area contributed by atoms with Crippen molar-refractivity contribution in [1.29, 1.82) is 0 Å². The Labute approximate surface area is 170 Å². The van der Waals surface area contributed by atoms with Gasteiger partial charge in [0.25, 0.3) is 0 Å². The maximum Gasteiger partial charge on any atom is 0.387 e. The van der Waals surface area contributed by atoms with Crippen molar-refractivity contribution in [2.75, 3.05) is 7.11 Å². The number of carbonyl (C=O) groups excluding carboxylic acids is 1. The Morgan fingerprint density at radius 1 is 0.967 bits per heavy atom. The molecule has 5 nitrogen and oxygen atoms in total. The fourth-order valence-electron chi connectivity index (χ4n) is 3.06. The molecular formula is C23H16F2O5. The number of fused-ring (bicyclic) bond motifs is 3. The van der Waals surface area contributed by atoms with Gasteiger partial charge in [-0.2, -0.15) is 8.78 Å². The Morgan fingerprint density at radius 3 is 2.57 bits per heavy atom. The molecule has 0 aliphatic rings. The van der Waals surface area contributed by atoms with E-state index in [1.165, 1.54) is 37.5 Å². The summed E-state index contributed by atoms with van der Waals surface area (Å²) in [5, 5.41) is 1.78. The second kappa shape index (κ2) is 8.24. The molecule has 0 bridgehead atoms. The van der Waals surface area contributed by atoms with Crippen LogP contribution in [-0.2, 0) is 4.79 Å². The first-order valence-electron chi connectivity index (χ1n) is 8.97. The molecule has 1 heterocycles. The first-order valence-corrected chi connectivity index (χ1v) is 8.97. The molecule has 0 radical (unpaired) electrons. The maximum absolute atomic E-state index is 12.4. The molecule has 0 aliphatic heterocycles. The van der Waals surface area contributed by atoms with Crippen LogP contribution in [0.25, 0.3) is 28.0 Å². The molecule has 3 aromatic carbocycles. The van der Waals surface area contributed by atoms with E-state index in [-0.39, 0.29) is 11.5 Å². The lowest BCUT2D eigenvalue weighted by atomic mass is 10.1. The molecule has 0 fully saturated rings. The molecule has 152 valence electrons. The third kappa shape index (κ3) is 4.10. The highest BCUT2D eigenvalue weighted by Crippen LogP contribution is 2.32. The van der Waals surface area contributed by atoms with Gasteiger partial charge in [-0.15, -0.1) is 0 Å². The molecular weight excluding hydrogens is 394 g/mol. The van der Waals surface area contributed by atoms with Gasteiger partial charge in [0, 0.05) is 16.8 Å². The van der Waals surface area contributed by atoms with Gasteiger partial charge in [-0.05, 0) is 48.0 Å². The number of furan rings is 1.